The van der Waals surface area contributed by atoms with Crippen LogP contribution >= 0.6 is 0 Å². The van der Waals surface area contributed by atoms with Crippen molar-refractivity contribution in [3.63, 3.8) is 0 Å². The minimum atomic E-state index is -2.25. The fourth-order valence-corrected chi connectivity index (χ4v) is 3.18. The Bertz CT molecular complexity index is 973. The number of hydrogen-bond acceptors (Lipinski definition) is 4. The van der Waals surface area contributed by atoms with Gasteiger partial charge in [0.1, 0.15) is 5.83 Å². The second kappa shape index (κ2) is 8.34. The third-order valence-corrected chi connectivity index (χ3v) is 4.74. The van der Waals surface area contributed by atoms with Crippen LogP contribution in [0, 0.1) is 0 Å². The van der Waals surface area contributed by atoms with Crippen LogP contribution in [0.25, 0.3) is 0 Å². The Morgan fingerprint density at radius 1 is 1.14 bits per heavy atom. The highest BCUT2D eigenvalue weighted by Crippen LogP contribution is 2.39. The molecule has 0 aromatic heterocycles. The molecule has 0 radical (unpaired) electrons. The minimum absolute atomic E-state index is 0.0421. The lowest BCUT2D eigenvalue weighted by Gasteiger charge is -2.34. The van der Waals surface area contributed by atoms with Crippen molar-refractivity contribution >= 4 is 17.3 Å². The SMILES string of the molecule is COc1ccc(N(CC2(F)CC=CC=C2F)c2cccc(C(=O)O)c2)cc1OC. The fraction of sp³-hybridized carbons (Fsp3) is 0.227. The minimum Gasteiger partial charge on any atom is -0.493 e. The maximum atomic E-state index is 15.5. The third kappa shape index (κ3) is 4.23. The summed E-state index contributed by atoms with van der Waals surface area (Å²) < 4.78 is 40.4. The van der Waals surface area contributed by atoms with Crippen LogP contribution < -0.4 is 14.4 Å². The number of ether oxygens (including phenoxy) is 2. The monoisotopic (exact) mass is 401 g/mol. The Balaban J connectivity index is 2.09. The number of aromatic carboxylic acids is 1. The number of anilines is 2. The van der Waals surface area contributed by atoms with Crippen molar-refractivity contribution in [1.82, 2.24) is 0 Å². The summed E-state index contributed by atoms with van der Waals surface area (Å²) in [5.41, 5.74) is -1.29. The number of alkyl halides is 1. The lowest BCUT2D eigenvalue weighted by atomic mass is 9.94. The van der Waals surface area contributed by atoms with Gasteiger partial charge < -0.3 is 19.5 Å². The molecule has 0 amide bonds. The quantitative estimate of drug-likeness (QED) is 0.703. The van der Waals surface area contributed by atoms with Gasteiger partial charge in [-0.05, 0) is 36.4 Å². The molecule has 5 nitrogen and oxygen atoms in total. The Labute approximate surface area is 167 Å². The topological polar surface area (TPSA) is 59.0 Å². The van der Waals surface area contributed by atoms with E-state index in [2.05, 4.69) is 0 Å². The number of carboxylic acid groups (broad SMARTS) is 1. The Morgan fingerprint density at radius 3 is 2.52 bits per heavy atom. The number of carboxylic acids is 1. The number of allylic oxidation sites excluding steroid dienone is 3. The molecular formula is C22H21F2NO4. The molecule has 1 N–H and O–H groups in total. The zero-order valence-electron chi connectivity index (χ0n) is 16.1. The Hall–Kier alpha value is -3.35. The van der Waals surface area contributed by atoms with Crippen LogP contribution in [0.4, 0.5) is 20.2 Å². The Kier molecular flexibility index (Phi) is 5.87. The normalized spacial score (nSPS) is 18.1. The molecule has 1 aliphatic carbocycles. The number of hydrogen-bond donors (Lipinski definition) is 1. The lowest BCUT2D eigenvalue weighted by Crippen LogP contribution is -2.39. The first kappa shape index (κ1) is 20.4. The molecule has 0 fully saturated rings. The van der Waals surface area contributed by atoms with Crippen LogP contribution in [-0.2, 0) is 0 Å². The number of halogens is 2. The summed E-state index contributed by atoms with van der Waals surface area (Å²) in [6, 6.07) is 11.0. The highest BCUT2D eigenvalue weighted by Gasteiger charge is 2.38. The van der Waals surface area contributed by atoms with E-state index >= 15 is 4.39 Å². The van der Waals surface area contributed by atoms with Crippen LogP contribution in [0.15, 0.2) is 66.5 Å². The maximum absolute atomic E-state index is 15.5. The van der Waals surface area contributed by atoms with Crippen LogP contribution in [0.2, 0.25) is 0 Å². The highest BCUT2D eigenvalue weighted by molar-refractivity contribution is 5.89. The first-order chi connectivity index (χ1) is 13.9. The second-order valence-corrected chi connectivity index (χ2v) is 6.59. The average Bonchev–Trinajstić information content (AvgIpc) is 2.74. The molecule has 1 aliphatic rings. The molecule has 1 atom stereocenters. The van der Waals surface area contributed by atoms with Crippen molar-refractivity contribution in [1.29, 1.82) is 0 Å². The van der Waals surface area contributed by atoms with Crippen molar-refractivity contribution in [2.45, 2.75) is 12.1 Å². The molecule has 0 bridgehead atoms. The van der Waals surface area contributed by atoms with Gasteiger partial charge in [-0.1, -0.05) is 18.2 Å². The summed E-state index contributed by atoms with van der Waals surface area (Å²) in [5, 5.41) is 9.32. The van der Waals surface area contributed by atoms with Crippen molar-refractivity contribution < 1.29 is 28.2 Å². The van der Waals surface area contributed by atoms with E-state index in [-0.39, 0.29) is 18.5 Å². The van der Waals surface area contributed by atoms with E-state index in [1.54, 1.807) is 36.4 Å². The summed E-state index contributed by atoms with van der Waals surface area (Å²) in [7, 11) is 2.97. The fourth-order valence-electron chi connectivity index (χ4n) is 3.18. The van der Waals surface area contributed by atoms with E-state index in [0.29, 0.717) is 22.9 Å². The van der Waals surface area contributed by atoms with Gasteiger partial charge in [0.05, 0.1) is 26.3 Å². The van der Waals surface area contributed by atoms with Gasteiger partial charge in [-0.15, -0.1) is 0 Å². The molecule has 29 heavy (non-hydrogen) atoms. The van der Waals surface area contributed by atoms with Gasteiger partial charge in [-0.25, -0.2) is 13.6 Å². The van der Waals surface area contributed by atoms with E-state index in [0.717, 1.165) is 6.08 Å². The predicted molar refractivity (Wildman–Crippen MR) is 107 cm³/mol. The van der Waals surface area contributed by atoms with Crippen LogP contribution in [0.3, 0.4) is 0 Å². The maximum Gasteiger partial charge on any atom is 0.335 e. The van der Waals surface area contributed by atoms with Crippen LogP contribution in [0.5, 0.6) is 11.5 Å². The molecule has 1 unspecified atom stereocenters. The lowest BCUT2D eigenvalue weighted by molar-refractivity contribution is 0.0697. The standard InChI is InChI=1S/C22H21F2NO4/c1-28-18-10-9-17(13-19(18)29-2)25(14-22(24)11-4-3-8-20(22)23)16-7-5-6-15(12-16)21(26)27/h3-10,12-13H,11,14H2,1-2H3,(H,26,27). The molecule has 7 heteroatoms. The van der Waals surface area contributed by atoms with Crippen molar-refractivity contribution in [2.24, 2.45) is 0 Å². The van der Waals surface area contributed by atoms with E-state index in [9.17, 15) is 14.3 Å². The predicted octanol–water partition coefficient (Wildman–Crippen LogP) is 5.06. The molecule has 152 valence electrons. The molecule has 0 heterocycles. The van der Waals surface area contributed by atoms with E-state index in [4.69, 9.17) is 9.47 Å². The van der Waals surface area contributed by atoms with Crippen molar-refractivity contribution in [3.8, 4) is 11.5 Å². The first-order valence-electron chi connectivity index (χ1n) is 8.92. The molecule has 2 aromatic rings. The van der Waals surface area contributed by atoms with E-state index in [1.165, 1.54) is 37.3 Å². The van der Waals surface area contributed by atoms with Crippen LogP contribution in [0.1, 0.15) is 16.8 Å². The van der Waals surface area contributed by atoms with Crippen molar-refractivity contribution in [3.05, 3.63) is 72.1 Å². The molecule has 3 rings (SSSR count). The molecule has 0 aliphatic heterocycles. The van der Waals surface area contributed by atoms with Crippen LogP contribution in [-0.4, -0.2) is 37.5 Å². The molecule has 2 aromatic carbocycles. The number of benzene rings is 2. The van der Waals surface area contributed by atoms with Gasteiger partial charge in [0.15, 0.2) is 17.2 Å². The molecule has 0 saturated carbocycles. The smallest absolute Gasteiger partial charge is 0.335 e. The number of carbonyl (C=O) groups is 1. The summed E-state index contributed by atoms with van der Waals surface area (Å²) >= 11 is 0. The number of rotatable bonds is 7. The molecular weight excluding hydrogens is 380 g/mol. The van der Waals surface area contributed by atoms with Gasteiger partial charge in [0, 0.05) is 23.9 Å². The summed E-state index contributed by atoms with van der Waals surface area (Å²) in [4.78, 5) is 12.9. The van der Waals surface area contributed by atoms with Gasteiger partial charge in [0.25, 0.3) is 0 Å². The molecule has 0 saturated heterocycles. The van der Waals surface area contributed by atoms with E-state index in [1.807, 2.05) is 0 Å². The zero-order valence-corrected chi connectivity index (χ0v) is 16.1. The summed E-state index contributed by atoms with van der Waals surface area (Å²) in [5.74, 6) is -1.09. The second-order valence-electron chi connectivity index (χ2n) is 6.59. The van der Waals surface area contributed by atoms with Gasteiger partial charge in [-0.3, -0.25) is 0 Å². The van der Waals surface area contributed by atoms with Gasteiger partial charge >= 0.3 is 5.97 Å². The van der Waals surface area contributed by atoms with Gasteiger partial charge in [0.2, 0.25) is 0 Å². The average molecular weight is 401 g/mol. The Morgan fingerprint density at radius 2 is 1.86 bits per heavy atom. The third-order valence-electron chi connectivity index (χ3n) is 4.74. The highest BCUT2D eigenvalue weighted by atomic mass is 19.2. The first-order valence-corrected chi connectivity index (χ1v) is 8.92. The number of nitrogens with zero attached hydrogens (tertiary/aromatic N) is 1. The van der Waals surface area contributed by atoms with Gasteiger partial charge in [-0.2, -0.15) is 0 Å². The molecule has 0 spiro atoms. The summed E-state index contributed by atoms with van der Waals surface area (Å²) in [6.07, 6.45) is 4.00. The number of methoxy groups -OCH3 is 2. The summed E-state index contributed by atoms with van der Waals surface area (Å²) in [6.45, 7) is -0.349. The van der Waals surface area contributed by atoms with E-state index < -0.39 is 17.5 Å². The zero-order chi connectivity index (χ0) is 21.0. The largest absolute Gasteiger partial charge is 0.493 e. The van der Waals surface area contributed by atoms with Crippen molar-refractivity contribution in [2.75, 3.05) is 25.7 Å².